The molecule has 4 nitrogen and oxygen atoms in total. The number of methoxy groups -OCH3 is 1. The molecule has 0 aromatic heterocycles. The largest absolute Gasteiger partial charge is 0.497 e. The van der Waals surface area contributed by atoms with Crippen LogP contribution in [0.5, 0.6) is 11.5 Å². The normalized spacial score (nSPS) is 15.6. The second-order valence-corrected chi connectivity index (χ2v) is 6.37. The molecule has 2 aromatic carbocycles. The highest BCUT2D eigenvalue weighted by molar-refractivity contribution is 8.00. The lowest BCUT2D eigenvalue weighted by Crippen LogP contribution is -2.35. The molecule has 120 valence electrons. The van der Waals surface area contributed by atoms with Crippen LogP contribution in [0.4, 0.5) is 0 Å². The fourth-order valence-electron chi connectivity index (χ4n) is 2.47. The molecule has 5 heteroatoms. The summed E-state index contributed by atoms with van der Waals surface area (Å²) in [6, 6.07) is 15.7. The number of fused-ring (bicyclic) bond motifs is 1. The first-order chi connectivity index (χ1) is 11.2. The Bertz CT molecular complexity index is 647. The predicted octanol–water partition coefficient (Wildman–Crippen LogP) is 2.91. The maximum Gasteiger partial charge on any atom is 0.230 e. The molecule has 2 aromatic rings. The van der Waals surface area contributed by atoms with Crippen molar-refractivity contribution in [1.82, 2.24) is 5.32 Å². The molecule has 0 fully saturated rings. The summed E-state index contributed by atoms with van der Waals surface area (Å²) in [7, 11) is 1.64. The summed E-state index contributed by atoms with van der Waals surface area (Å²) in [4.78, 5) is 13.0. The monoisotopic (exact) mass is 329 g/mol. The molecular weight excluding hydrogens is 310 g/mol. The number of hydrogen-bond donors (Lipinski definition) is 1. The van der Waals surface area contributed by atoms with Crippen LogP contribution in [0, 0.1) is 0 Å². The Balaban J connectivity index is 1.40. The third kappa shape index (κ3) is 4.20. The second-order valence-electron chi connectivity index (χ2n) is 5.32. The van der Waals surface area contributed by atoms with Crippen LogP contribution in [0.25, 0.3) is 0 Å². The van der Waals surface area contributed by atoms with Crippen molar-refractivity contribution >= 4 is 17.7 Å². The van der Waals surface area contributed by atoms with Gasteiger partial charge in [-0.25, -0.2) is 0 Å². The highest BCUT2D eigenvalue weighted by Gasteiger charge is 2.22. The van der Waals surface area contributed by atoms with Gasteiger partial charge in [-0.3, -0.25) is 4.79 Å². The number of carbonyl (C=O) groups excluding carboxylic acids is 1. The molecular formula is C18H19NO3S. The van der Waals surface area contributed by atoms with E-state index >= 15 is 0 Å². The van der Waals surface area contributed by atoms with E-state index in [4.69, 9.17) is 9.47 Å². The van der Waals surface area contributed by atoms with Gasteiger partial charge in [0.2, 0.25) is 5.91 Å². The number of para-hydroxylation sites is 1. The van der Waals surface area contributed by atoms with E-state index in [-0.39, 0.29) is 12.0 Å². The van der Waals surface area contributed by atoms with Gasteiger partial charge >= 0.3 is 0 Å². The van der Waals surface area contributed by atoms with E-state index in [9.17, 15) is 4.79 Å². The highest BCUT2D eigenvalue weighted by atomic mass is 32.2. The summed E-state index contributed by atoms with van der Waals surface area (Å²) in [6.07, 6.45) is 0.879. The Hall–Kier alpha value is -2.14. The van der Waals surface area contributed by atoms with E-state index < -0.39 is 0 Å². The van der Waals surface area contributed by atoms with Crippen LogP contribution in [0.3, 0.4) is 0 Å². The molecule has 0 spiro atoms. The molecule has 0 bridgehead atoms. The smallest absolute Gasteiger partial charge is 0.230 e. The summed E-state index contributed by atoms with van der Waals surface area (Å²) in [5.74, 6) is 2.16. The van der Waals surface area contributed by atoms with Gasteiger partial charge in [0.15, 0.2) is 0 Å². The van der Waals surface area contributed by atoms with Gasteiger partial charge in [0.05, 0.1) is 19.4 Å². The molecule has 0 saturated carbocycles. The summed E-state index contributed by atoms with van der Waals surface area (Å²) in [6.45, 7) is 0.538. The van der Waals surface area contributed by atoms with Crippen molar-refractivity contribution in [2.45, 2.75) is 17.4 Å². The van der Waals surface area contributed by atoms with E-state index in [0.717, 1.165) is 22.8 Å². The van der Waals surface area contributed by atoms with Gasteiger partial charge in [0, 0.05) is 11.3 Å². The Labute approximate surface area is 140 Å². The molecule has 1 heterocycles. The SMILES string of the molecule is COc1ccc(SCC(=O)NCC2Cc3ccccc3O2)cc1. The van der Waals surface area contributed by atoms with E-state index in [1.807, 2.05) is 42.5 Å². The molecule has 3 rings (SSSR count). The third-order valence-corrected chi connectivity index (χ3v) is 4.68. The highest BCUT2D eigenvalue weighted by Crippen LogP contribution is 2.27. The molecule has 1 atom stereocenters. The maximum absolute atomic E-state index is 12.0. The first-order valence-electron chi connectivity index (χ1n) is 7.52. The zero-order valence-electron chi connectivity index (χ0n) is 13.0. The minimum absolute atomic E-state index is 0.0189. The van der Waals surface area contributed by atoms with Crippen molar-refractivity contribution in [1.29, 1.82) is 0 Å². The minimum atomic E-state index is 0.0189. The van der Waals surface area contributed by atoms with Crippen LogP contribution in [0.2, 0.25) is 0 Å². The quantitative estimate of drug-likeness (QED) is 0.828. The fraction of sp³-hybridized carbons (Fsp3) is 0.278. The second kappa shape index (κ2) is 7.42. The molecule has 0 saturated heterocycles. The third-order valence-electron chi connectivity index (χ3n) is 3.67. The molecule has 23 heavy (non-hydrogen) atoms. The zero-order chi connectivity index (χ0) is 16.1. The van der Waals surface area contributed by atoms with Crippen molar-refractivity contribution < 1.29 is 14.3 Å². The zero-order valence-corrected chi connectivity index (χ0v) is 13.8. The minimum Gasteiger partial charge on any atom is -0.497 e. The summed E-state index contributed by atoms with van der Waals surface area (Å²) >= 11 is 1.51. The van der Waals surface area contributed by atoms with Crippen molar-refractivity contribution in [2.24, 2.45) is 0 Å². The van der Waals surface area contributed by atoms with Gasteiger partial charge in [-0.15, -0.1) is 11.8 Å². The average molecular weight is 329 g/mol. The Morgan fingerprint density at radius 3 is 2.78 bits per heavy atom. The van der Waals surface area contributed by atoms with Gasteiger partial charge in [-0.1, -0.05) is 18.2 Å². The molecule has 0 aliphatic carbocycles. The van der Waals surface area contributed by atoms with Gasteiger partial charge < -0.3 is 14.8 Å². The van der Waals surface area contributed by atoms with Gasteiger partial charge in [-0.05, 0) is 35.9 Å². The van der Waals surface area contributed by atoms with Crippen LogP contribution >= 0.6 is 11.8 Å². The lowest BCUT2D eigenvalue weighted by molar-refractivity contribution is -0.118. The molecule has 1 N–H and O–H groups in total. The first-order valence-corrected chi connectivity index (χ1v) is 8.51. The molecule has 0 radical (unpaired) electrons. The molecule has 1 aliphatic rings. The lowest BCUT2D eigenvalue weighted by atomic mass is 10.1. The Morgan fingerprint density at radius 1 is 1.26 bits per heavy atom. The Kier molecular flexibility index (Phi) is 5.08. The van der Waals surface area contributed by atoms with Gasteiger partial charge in [0.25, 0.3) is 0 Å². The predicted molar refractivity (Wildman–Crippen MR) is 91.3 cm³/mol. The summed E-state index contributed by atoms with van der Waals surface area (Å²) in [5.41, 5.74) is 1.21. The van der Waals surface area contributed by atoms with Crippen LogP contribution in [-0.4, -0.2) is 31.4 Å². The molecule has 1 amide bonds. The summed E-state index contributed by atoms with van der Waals surface area (Å²) in [5, 5.41) is 2.94. The maximum atomic E-state index is 12.0. The number of thioether (sulfide) groups is 1. The van der Waals surface area contributed by atoms with Crippen molar-refractivity contribution in [2.75, 3.05) is 19.4 Å². The van der Waals surface area contributed by atoms with Crippen LogP contribution in [0.15, 0.2) is 53.4 Å². The van der Waals surface area contributed by atoms with Crippen LogP contribution in [-0.2, 0) is 11.2 Å². The van der Waals surface area contributed by atoms with Crippen molar-refractivity contribution in [3.05, 3.63) is 54.1 Å². The average Bonchev–Trinajstić information content (AvgIpc) is 3.01. The number of ether oxygens (including phenoxy) is 2. The van der Waals surface area contributed by atoms with Crippen LogP contribution in [0.1, 0.15) is 5.56 Å². The van der Waals surface area contributed by atoms with Crippen LogP contribution < -0.4 is 14.8 Å². The lowest BCUT2D eigenvalue weighted by Gasteiger charge is -2.12. The molecule has 1 unspecified atom stereocenters. The Morgan fingerprint density at radius 2 is 2.04 bits per heavy atom. The first kappa shape index (κ1) is 15.7. The number of benzene rings is 2. The number of amides is 1. The number of carbonyl (C=O) groups is 1. The van der Waals surface area contributed by atoms with E-state index in [1.165, 1.54) is 17.3 Å². The van der Waals surface area contributed by atoms with E-state index in [2.05, 4.69) is 11.4 Å². The van der Waals surface area contributed by atoms with Crippen molar-refractivity contribution in [3.8, 4) is 11.5 Å². The number of hydrogen-bond acceptors (Lipinski definition) is 4. The van der Waals surface area contributed by atoms with E-state index in [1.54, 1.807) is 7.11 Å². The van der Waals surface area contributed by atoms with Crippen molar-refractivity contribution in [3.63, 3.8) is 0 Å². The van der Waals surface area contributed by atoms with Gasteiger partial charge in [-0.2, -0.15) is 0 Å². The van der Waals surface area contributed by atoms with Gasteiger partial charge in [0.1, 0.15) is 17.6 Å². The summed E-state index contributed by atoms with van der Waals surface area (Å²) < 4.78 is 10.9. The number of nitrogens with one attached hydrogen (secondary N) is 1. The number of rotatable bonds is 6. The van der Waals surface area contributed by atoms with E-state index in [0.29, 0.717) is 12.3 Å². The standard InChI is InChI=1S/C18H19NO3S/c1-21-14-6-8-16(9-7-14)23-12-18(20)19-11-15-10-13-4-2-3-5-17(13)22-15/h2-9,15H,10-12H2,1H3,(H,19,20). The fourth-order valence-corrected chi connectivity index (χ4v) is 3.20. The topological polar surface area (TPSA) is 47.6 Å². The molecule has 1 aliphatic heterocycles.